The van der Waals surface area contributed by atoms with E-state index in [1.165, 1.54) is 0 Å². The van der Waals surface area contributed by atoms with Crippen LogP contribution in [0.2, 0.25) is 0 Å². The molecule has 2 N–H and O–H groups in total. The second-order valence-corrected chi connectivity index (χ2v) is 3.48. The second kappa shape index (κ2) is 5.34. The summed E-state index contributed by atoms with van der Waals surface area (Å²) in [6.07, 6.45) is -7.77. The van der Waals surface area contributed by atoms with Crippen molar-refractivity contribution in [2.75, 3.05) is 11.9 Å². The number of nitro benzene ring substituents is 1. The van der Waals surface area contributed by atoms with E-state index in [0.29, 0.717) is 6.07 Å². The quantitative estimate of drug-likeness (QED) is 0.505. The molecule has 0 saturated heterocycles. The third-order valence-corrected chi connectivity index (χ3v) is 2.07. The molecule has 1 aromatic rings. The zero-order valence-corrected chi connectivity index (χ0v) is 9.04. The van der Waals surface area contributed by atoms with Crippen molar-refractivity contribution in [3.63, 3.8) is 0 Å². The number of nitrogens with one attached hydrogen (secondary N) is 1. The maximum atomic E-state index is 13.1. The number of anilines is 1. The monoisotopic (exact) mass is 286 g/mol. The predicted molar refractivity (Wildman–Crippen MR) is 53.6 cm³/mol. The van der Waals surface area contributed by atoms with Crippen molar-refractivity contribution < 1.29 is 32.0 Å². The molecule has 1 unspecified atom stereocenters. The van der Waals surface area contributed by atoms with Gasteiger partial charge in [0.25, 0.3) is 0 Å². The molecule has 0 spiro atoms. The van der Waals surface area contributed by atoms with E-state index < -0.39 is 46.8 Å². The number of halogens is 5. The van der Waals surface area contributed by atoms with E-state index in [2.05, 4.69) is 0 Å². The zero-order chi connectivity index (χ0) is 14.8. The fourth-order valence-electron chi connectivity index (χ4n) is 1.21. The highest BCUT2D eigenvalue weighted by atomic mass is 19.4. The summed E-state index contributed by atoms with van der Waals surface area (Å²) in [5.41, 5.74) is -1.98. The molecule has 0 fully saturated rings. The molecule has 0 radical (unpaired) electrons. The van der Waals surface area contributed by atoms with Crippen molar-refractivity contribution in [3.05, 3.63) is 33.9 Å². The van der Waals surface area contributed by atoms with Gasteiger partial charge in [0.15, 0.2) is 6.10 Å². The van der Waals surface area contributed by atoms with Crippen molar-refractivity contribution in [3.8, 4) is 0 Å². The number of aliphatic hydroxyl groups is 1. The maximum absolute atomic E-state index is 13.1. The summed E-state index contributed by atoms with van der Waals surface area (Å²) < 4.78 is 61.9. The molecule has 0 aliphatic carbocycles. The molecule has 0 aliphatic heterocycles. The van der Waals surface area contributed by atoms with Crippen molar-refractivity contribution >= 4 is 11.4 Å². The molecule has 10 heteroatoms. The van der Waals surface area contributed by atoms with E-state index in [4.69, 9.17) is 5.11 Å². The van der Waals surface area contributed by atoms with E-state index in [-0.39, 0.29) is 6.07 Å². The normalized spacial score (nSPS) is 13.2. The van der Waals surface area contributed by atoms with Crippen molar-refractivity contribution in [1.82, 2.24) is 0 Å². The molecular weight excluding hydrogens is 279 g/mol. The number of aliphatic hydroxyl groups excluding tert-OH is 1. The SMILES string of the molecule is O=[N+]([O-])c1c(F)cc(F)cc1NCC(O)C(F)(F)F. The second-order valence-electron chi connectivity index (χ2n) is 3.48. The Morgan fingerprint density at radius 1 is 1.37 bits per heavy atom. The summed E-state index contributed by atoms with van der Waals surface area (Å²) in [4.78, 5) is 9.30. The summed E-state index contributed by atoms with van der Waals surface area (Å²) in [7, 11) is 0. The Labute approximate surface area is 102 Å². The minimum atomic E-state index is -4.95. The summed E-state index contributed by atoms with van der Waals surface area (Å²) >= 11 is 0. The van der Waals surface area contributed by atoms with E-state index in [1.807, 2.05) is 0 Å². The first-order valence-electron chi connectivity index (χ1n) is 4.75. The largest absolute Gasteiger partial charge is 0.416 e. The lowest BCUT2D eigenvalue weighted by molar-refractivity contribution is -0.386. The number of rotatable bonds is 4. The third-order valence-electron chi connectivity index (χ3n) is 2.07. The number of benzene rings is 1. The van der Waals surface area contributed by atoms with Crippen LogP contribution in [-0.2, 0) is 0 Å². The van der Waals surface area contributed by atoms with E-state index in [9.17, 15) is 32.1 Å². The fourth-order valence-corrected chi connectivity index (χ4v) is 1.21. The van der Waals surface area contributed by atoms with Crippen LogP contribution < -0.4 is 5.32 Å². The first kappa shape index (κ1) is 15.1. The molecule has 106 valence electrons. The van der Waals surface area contributed by atoms with Gasteiger partial charge in [-0.05, 0) is 0 Å². The number of hydrogen-bond acceptors (Lipinski definition) is 4. The van der Waals surface area contributed by atoms with Gasteiger partial charge < -0.3 is 10.4 Å². The van der Waals surface area contributed by atoms with Crippen molar-refractivity contribution in [2.45, 2.75) is 12.3 Å². The van der Waals surface area contributed by atoms with Crippen LogP contribution in [-0.4, -0.2) is 28.9 Å². The molecule has 5 nitrogen and oxygen atoms in total. The number of hydrogen-bond donors (Lipinski definition) is 2. The smallest absolute Gasteiger partial charge is 0.382 e. The van der Waals surface area contributed by atoms with Gasteiger partial charge in [0.2, 0.25) is 5.82 Å². The zero-order valence-electron chi connectivity index (χ0n) is 9.04. The maximum Gasteiger partial charge on any atom is 0.416 e. The lowest BCUT2D eigenvalue weighted by Crippen LogP contribution is -2.35. The fraction of sp³-hybridized carbons (Fsp3) is 0.333. The standard InChI is InChI=1S/C9H7F5N2O3/c10-4-1-5(11)8(16(18)19)6(2-4)15-3-7(17)9(12,13)14/h1-2,7,15,17H,3H2. The van der Waals surface area contributed by atoms with Gasteiger partial charge in [0.1, 0.15) is 11.5 Å². The highest BCUT2D eigenvalue weighted by molar-refractivity contribution is 5.62. The molecule has 0 aliphatic rings. The van der Waals surface area contributed by atoms with E-state index in [0.717, 1.165) is 0 Å². The lowest BCUT2D eigenvalue weighted by Gasteiger charge is -2.15. The Hall–Kier alpha value is -1.97. The van der Waals surface area contributed by atoms with Gasteiger partial charge in [-0.1, -0.05) is 0 Å². The summed E-state index contributed by atoms with van der Waals surface area (Å²) in [6, 6.07) is 0.688. The van der Waals surface area contributed by atoms with Crippen LogP contribution in [0.3, 0.4) is 0 Å². The van der Waals surface area contributed by atoms with Crippen LogP contribution in [0, 0.1) is 21.7 Å². The van der Waals surface area contributed by atoms with Crippen LogP contribution >= 0.6 is 0 Å². The minimum Gasteiger partial charge on any atom is -0.382 e. The van der Waals surface area contributed by atoms with Crippen LogP contribution in [0.1, 0.15) is 0 Å². The van der Waals surface area contributed by atoms with Crippen molar-refractivity contribution in [1.29, 1.82) is 0 Å². The average molecular weight is 286 g/mol. The lowest BCUT2D eigenvalue weighted by atomic mass is 10.2. The molecule has 1 aromatic carbocycles. The first-order valence-corrected chi connectivity index (χ1v) is 4.75. The summed E-state index contributed by atoms with van der Waals surface area (Å²) in [5.74, 6) is -2.74. The molecule has 1 atom stereocenters. The molecule has 0 heterocycles. The van der Waals surface area contributed by atoms with Crippen LogP contribution in [0.15, 0.2) is 12.1 Å². The van der Waals surface area contributed by atoms with Gasteiger partial charge in [-0.25, -0.2) is 4.39 Å². The Morgan fingerprint density at radius 2 is 1.95 bits per heavy atom. The van der Waals surface area contributed by atoms with E-state index in [1.54, 1.807) is 5.32 Å². The van der Waals surface area contributed by atoms with Gasteiger partial charge >= 0.3 is 11.9 Å². The highest BCUT2D eigenvalue weighted by Crippen LogP contribution is 2.29. The number of nitro groups is 1. The Kier molecular flexibility index (Phi) is 4.24. The topological polar surface area (TPSA) is 75.4 Å². The van der Waals surface area contributed by atoms with Gasteiger partial charge in [-0.15, -0.1) is 0 Å². The van der Waals surface area contributed by atoms with Gasteiger partial charge in [-0.3, -0.25) is 10.1 Å². The molecular formula is C9H7F5N2O3. The summed E-state index contributed by atoms with van der Waals surface area (Å²) in [6.45, 7) is -1.17. The van der Waals surface area contributed by atoms with Gasteiger partial charge in [0, 0.05) is 18.7 Å². The van der Waals surface area contributed by atoms with Gasteiger partial charge in [0.05, 0.1) is 4.92 Å². The highest BCUT2D eigenvalue weighted by Gasteiger charge is 2.38. The van der Waals surface area contributed by atoms with Crippen LogP contribution in [0.4, 0.5) is 33.3 Å². The van der Waals surface area contributed by atoms with Crippen molar-refractivity contribution in [2.24, 2.45) is 0 Å². The van der Waals surface area contributed by atoms with E-state index >= 15 is 0 Å². The molecule has 0 aromatic heterocycles. The van der Waals surface area contributed by atoms with Gasteiger partial charge in [-0.2, -0.15) is 17.6 Å². The third kappa shape index (κ3) is 3.74. The molecule has 0 bridgehead atoms. The molecule has 0 saturated carbocycles. The Morgan fingerprint density at radius 3 is 2.42 bits per heavy atom. The minimum absolute atomic E-state index is 0.226. The summed E-state index contributed by atoms with van der Waals surface area (Å²) in [5, 5.41) is 21.0. The number of nitrogens with zero attached hydrogens (tertiary/aromatic N) is 1. The van der Waals surface area contributed by atoms with Crippen LogP contribution in [0.25, 0.3) is 0 Å². The Bertz CT molecular complexity index is 491. The average Bonchev–Trinajstić information content (AvgIpc) is 2.22. The molecule has 1 rings (SSSR count). The Balaban J connectivity index is 2.98. The first-order chi connectivity index (χ1) is 8.62. The molecule has 19 heavy (non-hydrogen) atoms. The van der Waals surface area contributed by atoms with Crippen LogP contribution in [0.5, 0.6) is 0 Å². The molecule has 0 amide bonds. The number of alkyl halides is 3. The predicted octanol–water partition coefficient (Wildman–Crippen LogP) is 2.21.